The van der Waals surface area contributed by atoms with Crippen LogP contribution in [0.4, 0.5) is 9.59 Å². The summed E-state index contributed by atoms with van der Waals surface area (Å²) in [4.78, 5) is 23.0. The van der Waals surface area contributed by atoms with Gasteiger partial charge < -0.3 is 126 Å². The first-order valence-corrected chi connectivity index (χ1v) is 31.3. The minimum Gasteiger partial charge on any atom is -0.444 e. The van der Waals surface area contributed by atoms with Gasteiger partial charge in [0.15, 0.2) is 25.2 Å². The standard InChI is InChI=1S/C30H56N2O11.C21H40N2O8.C8H15NO3/c1-7-19-11-8-15(2)27(39-19)41-25-16(3)12-17(9-10-18(34)13-32-29(38)43-30(4,5)6)26(24(25)37)42-28-23(36)21(31)22(35)20(14-33)40-28;1-4-11-6-5-9(2)20(28-11)30-18-10(3)7-12(22)19(17(18)27)31-21-16(26)14(23)15(25)13(8-24)29-21;1-8(2,3)12-7(10)9-4-6-5-11-6/h15-28,33-37H,7-14,31H2,1-6H3,(H,32,38);9-21,24-27H,4-8,22-23H2,1-3H3;6H,4-5H2,1-3H3,(H,9,10)/t15-,16+,17-,18?,19-,20-,21+,22-,23-,24+,25?,26+,27-,28-;9-,10+,11-,12-,13-,14+,15-,16-,17+,18?,19+,20-,21-;/m11./s1. The highest BCUT2D eigenvalue weighted by molar-refractivity contribution is 5.68. The fourth-order valence-corrected chi connectivity index (χ4v) is 11.8. The molecule has 0 spiro atoms. The molecule has 7 rings (SSSR count). The molecule has 17 N–H and O–H groups in total. The molecule has 2 aliphatic carbocycles. The third kappa shape index (κ3) is 21.9. The van der Waals surface area contributed by atoms with Crippen molar-refractivity contribution in [2.45, 2.75) is 299 Å². The molecule has 7 fully saturated rings. The number of carbonyl (C=O) groups excluding carboxylic acids is 2. The first kappa shape index (κ1) is 74.4. The lowest BCUT2D eigenvalue weighted by molar-refractivity contribution is -0.323. The Morgan fingerprint density at radius 2 is 0.965 bits per heavy atom. The number of nitrogens with two attached hydrogens (primary N) is 3. The fourth-order valence-electron chi connectivity index (χ4n) is 11.8. The van der Waals surface area contributed by atoms with Crippen LogP contribution in [0, 0.1) is 29.6 Å². The molecule has 0 aromatic rings. The number of aliphatic hydroxyl groups is 9. The molecule has 27 nitrogen and oxygen atoms in total. The molecular weight excluding hydrogens is 1130 g/mol. The Morgan fingerprint density at radius 3 is 1.40 bits per heavy atom. The molecule has 2 amide bonds. The van der Waals surface area contributed by atoms with Gasteiger partial charge in [-0.1, -0.05) is 41.5 Å². The largest absolute Gasteiger partial charge is 0.444 e. The Labute approximate surface area is 508 Å². The maximum atomic E-state index is 12.0. The molecule has 7 aliphatic rings. The molecule has 5 aliphatic heterocycles. The highest BCUT2D eigenvalue weighted by Gasteiger charge is 2.52. The van der Waals surface area contributed by atoms with Crippen LogP contribution in [0.1, 0.15) is 147 Å². The van der Waals surface area contributed by atoms with Gasteiger partial charge in [0.2, 0.25) is 0 Å². The van der Waals surface area contributed by atoms with E-state index in [1.807, 2.05) is 34.6 Å². The molecule has 27 heteroatoms. The van der Waals surface area contributed by atoms with E-state index in [0.717, 1.165) is 45.1 Å². The first-order valence-electron chi connectivity index (χ1n) is 31.3. The number of hydrogen-bond acceptors (Lipinski definition) is 25. The van der Waals surface area contributed by atoms with E-state index in [2.05, 4.69) is 38.3 Å². The molecule has 504 valence electrons. The average molecular weight is 1240 g/mol. The molecule has 5 saturated heterocycles. The summed E-state index contributed by atoms with van der Waals surface area (Å²) in [5.74, 6) is -0.0819. The van der Waals surface area contributed by atoms with Gasteiger partial charge in [0, 0.05) is 31.0 Å². The number of ether oxygens (including phenoxy) is 11. The second-order valence-electron chi connectivity index (χ2n) is 26.9. The van der Waals surface area contributed by atoms with Crippen molar-refractivity contribution in [3.63, 3.8) is 0 Å². The smallest absolute Gasteiger partial charge is 0.407 e. The van der Waals surface area contributed by atoms with Gasteiger partial charge >= 0.3 is 12.2 Å². The lowest BCUT2D eigenvalue weighted by Gasteiger charge is -2.48. The summed E-state index contributed by atoms with van der Waals surface area (Å²) in [5, 5.41) is 99.3. The molecule has 28 atom stereocenters. The van der Waals surface area contributed by atoms with E-state index in [1.54, 1.807) is 20.8 Å². The van der Waals surface area contributed by atoms with Gasteiger partial charge in [-0.15, -0.1) is 0 Å². The summed E-state index contributed by atoms with van der Waals surface area (Å²) >= 11 is 0. The Balaban J connectivity index is 0.000000271. The molecule has 0 aromatic heterocycles. The maximum Gasteiger partial charge on any atom is 0.407 e. The van der Waals surface area contributed by atoms with E-state index >= 15 is 0 Å². The monoisotopic (exact) mass is 1240 g/mol. The van der Waals surface area contributed by atoms with Crippen molar-refractivity contribution in [1.29, 1.82) is 0 Å². The summed E-state index contributed by atoms with van der Waals surface area (Å²) in [7, 11) is 0. The van der Waals surface area contributed by atoms with Crippen molar-refractivity contribution < 1.29 is 108 Å². The van der Waals surface area contributed by atoms with Gasteiger partial charge in [-0.2, -0.15) is 0 Å². The quantitative estimate of drug-likeness (QED) is 0.0782. The Kier molecular flexibility index (Phi) is 29.3. The number of hydrogen-bond donors (Lipinski definition) is 14. The van der Waals surface area contributed by atoms with Crippen molar-refractivity contribution in [3.05, 3.63) is 0 Å². The lowest BCUT2D eigenvalue weighted by Crippen LogP contribution is -2.66. The minimum absolute atomic E-state index is 0.0120. The Morgan fingerprint density at radius 1 is 0.547 bits per heavy atom. The number of amides is 2. The van der Waals surface area contributed by atoms with Crippen LogP contribution in [0.5, 0.6) is 0 Å². The second kappa shape index (κ2) is 33.9. The van der Waals surface area contributed by atoms with Crippen LogP contribution >= 0.6 is 0 Å². The van der Waals surface area contributed by atoms with E-state index in [0.29, 0.717) is 25.8 Å². The number of nitrogens with one attached hydrogen (secondary N) is 2. The molecule has 86 heavy (non-hydrogen) atoms. The van der Waals surface area contributed by atoms with Crippen LogP contribution < -0.4 is 27.8 Å². The van der Waals surface area contributed by atoms with Gasteiger partial charge in [0.1, 0.15) is 66.1 Å². The van der Waals surface area contributed by atoms with E-state index < -0.39 is 153 Å². The molecule has 0 bridgehead atoms. The summed E-state index contributed by atoms with van der Waals surface area (Å²) in [6.45, 7) is 23.3. The normalized spacial score (nSPS) is 42.3. The van der Waals surface area contributed by atoms with Gasteiger partial charge in [-0.25, -0.2) is 9.59 Å². The van der Waals surface area contributed by atoms with Crippen LogP contribution in [0.3, 0.4) is 0 Å². The topological polar surface area (TPSA) is 423 Å². The SMILES string of the molecule is CC(C)(C)OC(=O)NCC1CO1.CC[C@@H]1CC[C@@H](C)[C@@H](OC2[C@@H](C)C[C@@H](CCC(O)CNC(=O)OC(C)(C)C)[C@H](O[C@H]3O[C@H](CO)[C@@H](O)[C@H](N)[C@H]3O)[C@H]2O)O1.CC[C@@H]1CC[C@@H](C)[C@@H](OC2[C@@H](C)C[C@@H](N)[C@H](O[C@H]3O[C@H](CO)[C@@H](O)[C@H](N)[C@H]3O)[C@H]2O)O1. The van der Waals surface area contributed by atoms with Crippen LogP contribution in [0.2, 0.25) is 0 Å². The predicted molar refractivity (Wildman–Crippen MR) is 310 cm³/mol. The van der Waals surface area contributed by atoms with Gasteiger partial charge in [0.25, 0.3) is 0 Å². The van der Waals surface area contributed by atoms with Crippen LogP contribution in [-0.4, -0.2) is 243 Å². The van der Waals surface area contributed by atoms with E-state index in [9.17, 15) is 55.5 Å². The van der Waals surface area contributed by atoms with Crippen LogP contribution in [0.15, 0.2) is 0 Å². The molecule has 4 unspecified atom stereocenters. The van der Waals surface area contributed by atoms with Crippen molar-refractivity contribution in [2.75, 3.05) is 32.9 Å². The summed E-state index contributed by atoms with van der Waals surface area (Å²) in [6, 6.07) is -2.73. The van der Waals surface area contributed by atoms with Crippen molar-refractivity contribution in [1.82, 2.24) is 10.6 Å². The third-order valence-electron chi connectivity index (χ3n) is 17.1. The Bertz CT molecular complexity index is 1990. The molecule has 2 saturated carbocycles. The minimum atomic E-state index is -1.42. The number of alkyl carbamates (subject to hydrolysis) is 2. The van der Waals surface area contributed by atoms with E-state index in [1.165, 1.54) is 0 Å². The first-order chi connectivity index (χ1) is 40.3. The maximum absolute atomic E-state index is 12.0. The third-order valence-corrected chi connectivity index (χ3v) is 17.1. The van der Waals surface area contributed by atoms with Gasteiger partial charge in [0.05, 0.1) is 74.6 Å². The highest BCUT2D eigenvalue weighted by atomic mass is 16.7. The predicted octanol–water partition coefficient (Wildman–Crippen LogP) is 0.469. The summed E-state index contributed by atoms with van der Waals surface area (Å²) in [5.41, 5.74) is 17.1. The van der Waals surface area contributed by atoms with Crippen molar-refractivity contribution >= 4 is 12.2 Å². The highest BCUT2D eigenvalue weighted by Crippen LogP contribution is 2.41. The number of carbonyl (C=O) groups is 2. The summed E-state index contributed by atoms with van der Waals surface area (Å²) < 4.78 is 63.4. The lowest BCUT2D eigenvalue weighted by atomic mass is 9.74. The Hall–Kier alpha value is -2.30. The fraction of sp³-hybridized carbons (Fsp3) is 0.966. The summed E-state index contributed by atoms with van der Waals surface area (Å²) in [6.07, 6.45) is -10.1. The average Bonchev–Trinajstić information content (AvgIpc) is 1.12. The van der Waals surface area contributed by atoms with Gasteiger partial charge in [-0.3, -0.25) is 0 Å². The van der Waals surface area contributed by atoms with Crippen LogP contribution in [0.25, 0.3) is 0 Å². The van der Waals surface area contributed by atoms with Crippen molar-refractivity contribution in [3.8, 4) is 0 Å². The molecule has 0 aromatic carbocycles. The van der Waals surface area contributed by atoms with Crippen molar-refractivity contribution in [2.24, 2.45) is 46.8 Å². The zero-order chi connectivity index (χ0) is 64.1. The second-order valence-corrected chi connectivity index (χ2v) is 26.9. The van der Waals surface area contributed by atoms with E-state index in [4.69, 9.17) is 69.3 Å². The molecule has 0 radical (unpaired) electrons. The number of aliphatic hydroxyl groups excluding tert-OH is 9. The van der Waals surface area contributed by atoms with Gasteiger partial charge in [-0.05, 0) is 124 Å². The van der Waals surface area contributed by atoms with E-state index in [-0.39, 0.29) is 67.0 Å². The number of rotatable bonds is 19. The van der Waals surface area contributed by atoms with Crippen LogP contribution in [-0.2, 0) is 52.1 Å². The molecule has 5 heterocycles. The molecular formula is C59H111N5O22. The number of epoxide rings is 1. The zero-order valence-electron chi connectivity index (χ0n) is 52.8. The zero-order valence-corrected chi connectivity index (χ0v) is 52.8.